The van der Waals surface area contributed by atoms with Gasteiger partial charge in [-0.3, -0.25) is 9.78 Å². The van der Waals surface area contributed by atoms with Gasteiger partial charge in [0.05, 0.1) is 10.6 Å². The highest BCUT2D eigenvalue weighted by molar-refractivity contribution is 6.35. The van der Waals surface area contributed by atoms with Crippen molar-refractivity contribution < 1.29 is 22.7 Å². The van der Waals surface area contributed by atoms with Crippen LogP contribution in [-0.4, -0.2) is 41.2 Å². The van der Waals surface area contributed by atoms with Gasteiger partial charge in [0.1, 0.15) is 17.4 Å². The minimum atomic E-state index is -4.61. The number of aromatic nitrogens is 1. The fraction of sp³-hybridized carbons (Fsp3) is 0.316. The number of halogens is 4. The molecule has 0 spiro atoms. The van der Waals surface area contributed by atoms with Gasteiger partial charge in [0.2, 0.25) is 0 Å². The van der Waals surface area contributed by atoms with Gasteiger partial charge in [-0.1, -0.05) is 17.7 Å². The highest BCUT2D eigenvalue weighted by Gasteiger charge is 2.40. The summed E-state index contributed by atoms with van der Waals surface area (Å²) in [5.74, 6) is -0.861. The van der Waals surface area contributed by atoms with Crippen LogP contribution in [0.2, 0.25) is 5.02 Å². The van der Waals surface area contributed by atoms with Crippen molar-refractivity contribution in [3.63, 3.8) is 0 Å². The number of pyridine rings is 1. The molecule has 0 N–H and O–H groups in total. The van der Waals surface area contributed by atoms with Gasteiger partial charge in [0, 0.05) is 30.9 Å². The quantitative estimate of drug-likeness (QED) is 0.760. The normalized spacial score (nSPS) is 15.5. The third-order valence-electron chi connectivity index (χ3n) is 4.48. The Labute approximate surface area is 164 Å². The fourth-order valence-electron chi connectivity index (χ4n) is 2.81. The number of benzene rings is 1. The third-order valence-corrected chi connectivity index (χ3v) is 4.87. The maximum absolute atomic E-state index is 12.9. The first-order chi connectivity index (χ1) is 13.2. The van der Waals surface area contributed by atoms with Gasteiger partial charge in [-0.2, -0.15) is 18.4 Å². The Morgan fingerprint density at radius 3 is 2.64 bits per heavy atom. The Bertz CT molecular complexity index is 923. The van der Waals surface area contributed by atoms with Gasteiger partial charge in [-0.05, 0) is 31.2 Å². The molecule has 9 heteroatoms. The minimum absolute atomic E-state index is 0.0150. The number of hydrogen-bond acceptors (Lipinski definition) is 4. The second-order valence-corrected chi connectivity index (χ2v) is 6.75. The highest BCUT2D eigenvalue weighted by Crippen LogP contribution is 2.36. The van der Waals surface area contributed by atoms with E-state index in [1.807, 2.05) is 18.2 Å². The smallest absolute Gasteiger partial charge is 0.425 e. The van der Waals surface area contributed by atoms with E-state index in [-0.39, 0.29) is 27.8 Å². The van der Waals surface area contributed by atoms with E-state index in [4.69, 9.17) is 21.6 Å². The molecule has 1 aromatic carbocycles. The summed E-state index contributed by atoms with van der Waals surface area (Å²) < 4.78 is 43.6. The zero-order valence-electron chi connectivity index (χ0n) is 14.7. The van der Waals surface area contributed by atoms with Crippen molar-refractivity contribution in [3.05, 3.63) is 58.4 Å². The van der Waals surface area contributed by atoms with Crippen molar-refractivity contribution in [2.24, 2.45) is 0 Å². The number of nitrogens with zero attached hydrogens (tertiary/aromatic N) is 3. The van der Waals surface area contributed by atoms with Crippen LogP contribution in [0.15, 0.2) is 36.5 Å². The molecule has 0 aliphatic carbocycles. The van der Waals surface area contributed by atoms with Crippen molar-refractivity contribution in [1.29, 1.82) is 5.26 Å². The van der Waals surface area contributed by atoms with Crippen LogP contribution in [0.3, 0.4) is 0 Å². The topological polar surface area (TPSA) is 66.2 Å². The molecule has 5 nitrogen and oxygen atoms in total. The summed E-state index contributed by atoms with van der Waals surface area (Å²) in [7, 11) is 0. The molecule has 0 saturated carbocycles. The molecule has 1 aromatic heterocycles. The van der Waals surface area contributed by atoms with Crippen LogP contribution < -0.4 is 4.74 Å². The molecule has 2 aromatic rings. The monoisotopic (exact) mass is 409 g/mol. The van der Waals surface area contributed by atoms with Crippen molar-refractivity contribution in [2.45, 2.75) is 25.1 Å². The number of hydrogen-bond donors (Lipinski definition) is 0. The predicted molar refractivity (Wildman–Crippen MR) is 95.2 cm³/mol. The van der Waals surface area contributed by atoms with Crippen molar-refractivity contribution in [1.82, 2.24) is 9.88 Å². The summed E-state index contributed by atoms with van der Waals surface area (Å²) in [6, 6.07) is 9.67. The van der Waals surface area contributed by atoms with Crippen molar-refractivity contribution in [2.75, 3.05) is 13.1 Å². The average Bonchev–Trinajstić information content (AvgIpc) is 2.60. The molecule has 146 valence electrons. The van der Waals surface area contributed by atoms with Crippen LogP contribution in [0.25, 0.3) is 0 Å². The molecule has 3 rings (SSSR count). The van der Waals surface area contributed by atoms with Crippen LogP contribution in [0.1, 0.15) is 34.5 Å². The average molecular weight is 410 g/mol. The number of likely N-dealkylation sites (tertiary alicyclic amines) is 1. The van der Waals surface area contributed by atoms with Crippen molar-refractivity contribution >= 4 is 17.5 Å². The van der Waals surface area contributed by atoms with Crippen LogP contribution in [0.4, 0.5) is 13.2 Å². The van der Waals surface area contributed by atoms with E-state index in [9.17, 15) is 18.0 Å². The molecule has 0 bridgehead atoms. The summed E-state index contributed by atoms with van der Waals surface area (Å²) in [5, 5.41) is 8.92. The predicted octanol–water partition coefficient (Wildman–Crippen LogP) is 4.18. The molecule has 28 heavy (non-hydrogen) atoms. The summed E-state index contributed by atoms with van der Waals surface area (Å²) in [6.07, 6.45) is -5.10. The second kappa shape index (κ2) is 7.68. The molecule has 1 aliphatic heterocycles. The van der Waals surface area contributed by atoms with E-state index in [2.05, 4.69) is 4.98 Å². The Balaban J connectivity index is 1.85. The Morgan fingerprint density at radius 1 is 1.36 bits per heavy atom. The molecule has 1 atom stereocenters. The maximum atomic E-state index is 12.9. The van der Waals surface area contributed by atoms with Crippen LogP contribution >= 0.6 is 11.6 Å². The molecule has 1 saturated heterocycles. The Morgan fingerprint density at radius 2 is 2.07 bits per heavy atom. The molecular weight excluding hydrogens is 395 g/mol. The molecule has 1 fully saturated rings. The molecule has 1 aliphatic rings. The summed E-state index contributed by atoms with van der Waals surface area (Å²) >= 11 is 6.14. The molecule has 0 radical (unpaired) electrons. The van der Waals surface area contributed by atoms with E-state index in [1.165, 1.54) is 11.0 Å². The lowest BCUT2D eigenvalue weighted by Crippen LogP contribution is -2.49. The largest absolute Gasteiger partial charge is 0.480 e. The summed E-state index contributed by atoms with van der Waals surface area (Å²) in [4.78, 5) is 18.6. The number of rotatable bonds is 4. The van der Waals surface area contributed by atoms with E-state index in [0.29, 0.717) is 13.1 Å². The number of nitriles is 1. The Hall–Kier alpha value is -2.79. The van der Waals surface area contributed by atoms with Crippen LogP contribution in [-0.2, 0) is 0 Å². The highest BCUT2D eigenvalue weighted by atomic mass is 35.5. The first-order valence-electron chi connectivity index (χ1n) is 8.38. The number of carbonyl (C=O) groups excluding carboxylic acids is 1. The molecule has 1 unspecified atom stereocenters. The van der Waals surface area contributed by atoms with Crippen molar-refractivity contribution in [3.8, 4) is 11.8 Å². The van der Waals surface area contributed by atoms with E-state index in [1.54, 1.807) is 12.3 Å². The lowest BCUT2D eigenvalue weighted by atomic mass is 9.94. The molecule has 1 amide bonds. The number of amides is 1. The summed E-state index contributed by atoms with van der Waals surface area (Å²) in [6.45, 7) is 1.52. The van der Waals surface area contributed by atoms with Gasteiger partial charge < -0.3 is 9.64 Å². The third kappa shape index (κ3) is 3.90. The van der Waals surface area contributed by atoms with E-state index >= 15 is 0 Å². The SMILES string of the molecule is CC(Oc1ccc(C#N)c(Cl)c1C(=O)N1CC(c2ccccn2)C1)C(F)(F)F. The number of alkyl halides is 3. The standard InChI is InChI=1S/C19H15ClF3N3O2/c1-11(19(21,22)23)28-15-6-5-12(8-24)17(20)16(15)18(27)26-9-13(10-26)14-4-2-3-7-25-14/h2-7,11,13H,9-10H2,1H3. The zero-order chi connectivity index (χ0) is 20.5. The lowest BCUT2D eigenvalue weighted by molar-refractivity contribution is -0.189. The number of ether oxygens (including phenoxy) is 1. The zero-order valence-corrected chi connectivity index (χ0v) is 15.5. The van der Waals surface area contributed by atoms with Gasteiger partial charge in [0.25, 0.3) is 5.91 Å². The molecule has 2 heterocycles. The fourth-order valence-corrected chi connectivity index (χ4v) is 3.09. The van der Waals surface area contributed by atoms with Gasteiger partial charge >= 0.3 is 6.18 Å². The van der Waals surface area contributed by atoms with Crippen LogP contribution in [0, 0.1) is 11.3 Å². The summed E-state index contributed by atoms with van der Waals surface area (Å²) in [5.41, 5.74) is 0.570. The Kier molecular flexibility index (Phi) is 5.47. The van der Waals surface area contributed by atoms with Gasteiger partial charge in [-0.25, -0.2) is 0 Å². The first kappa shape index (κ1) is 20.0. The van der Waals surface area contributed by atoms with Gasteiger partial charge in [-0.15, -0.1) is 0 Å². The van der Waals surface area contributed by atoms with Gasteiger partial charge in [0.15, 0.2) is 6.10 Å². The van der Waals surface area contributed by atoms with E-state index < -0.39 is 18.2 Å². The maximum Gasteiger partial charge on any atom is 0.425 e. The van der Waals surface area contributed by atoms with Crippen LogP contribution in [0.5, 0.6) is 5.75 Å². The lowest BCUT2D eigenvalue weighted by Gasteiger charge is -2.39. The molecular formula is C19H15ClF3N3O2. The first-order valence-corrected chi connectivity index (χ1v) is 8.76. The number of carbonyl (C=O) groups is 1. The van der Waals surface area contributed by atoms with E-state index in [0.717, 1.165) is 18.7 Å². The second-order valence-electron chi connectivity index (χ2n) is 6.38. The minimum Gasteiger partial charge on any atom is -0.480 e.